The van der Waals surface area contributed by atoms with Gasteiger partial charge in [0.05, 0.1) is 12.8 Å². The molecule has 0 spiro atoms. The Morgan fingerprint density at radius 3 is 3.00 bits per heavy atom. The monoisotopic (exact) mass is 194 g/mol. The fourth-order valence-corrected chi connectivity index (χ4v) is 1.26. The van der Waals surface area contributed by atoms with E-state index in [1.165, 1.54) is 0 Å². The van der Waals surface area contributed by atoms with Crippen molar-refractivity contribution in [3.8, 4) is 12.3 Å². The Morgan fingerprint density at radius 2 is 2.50 bits per heavy atom. The molecule has 0 aliphatic rings. The molecule has 0 saturated heterocycles. The van der Waals surface area contributed by atoms with Crippen LogP contribution in [0.15, 0.2) is 22.8 Å². The number of terminal acetylenes is 1. The average molecular weight is 194 g/mol. The molecule has 0 bridgehead atoms. The van der Waals surface area contributed by atoms with Crippen molar-refractivity contribution in [3.63, 3.8) is 0 Å². The molecule has 0 amide bonds. The van der Waals surface area contributed by atoms with Crippen LogP contribution in [0.3, 0.4) is 0 Å². The summed E-state index contributed by atoms with van der Waals surface area (Å²) in [7, 11) is 1.81. The van der Waals surface area contributed by atoms with Gasteiger partial charge >= 0.3 is 0 Å². The lowest BCUT2D eigenvalue weighted by Gasteiger charge is -2.22. The van der Waals surface area contributed by atoms with Crippen molar-refractivity contribution in [2.45, 2.75) is 12.5 Å². The smallest absolute Gasteiger partial charge is 0.105 e. The molecular weight excluding hydrogens is 180 g/mol. The van der Waals surface area contributed by atoms with E-state index in [-0.39, 0.29) is 6.04 Å². The van der Waals surface area contributed by atoms with E-state index in [4.69, 9.17) is 10.8 Å². The van der Waals surface area contributed by atoms with Crippen LogP contribution in [0, 0.1) is 12.3 Å². The lowest BCUT2D eigenvalue weighted by atomic mass is 10.1. The van der Waals surface area contributed by atoms with Crippen molar-refractivity contribution >= 4 is 0 Å². The van der Waals surface area contributed by atoms with Crippen LogP contribution in [-0.2, 0) is 6.42 Å². The molecule has 0 N–H and O–H groups in total. The molecule has 2 nitrogen and oxygen atoms in total. The molecule has 1 aromatic rings. The van der Waals surface area contributed by atoms with Crippen LogP contribution in [0.5, 0.6) is 0 Å². The SMILES string of the molecule is C#CCN(C)[C@H](C[18F])Cc1ccco1. The zero-order valence-electron chi connectivity index (χ0n) is 8.24. The van der Waals surface area contributed by atoms with E-state index in [9.17, 15) is 4.39 Å². The minimum atomic E-state index is -0.418. The summed E-state index contributed by atoms with van der Waals surface area (Å²) < 4.78 is 17.8. The summed E-state index contributed by atoms with van der Waals surface area (Å²) >= 11 is 0. The van der Waals surface area contributed by atoms with Gasteiger partial charge < -0.3 is 4.42 Å². The molecule has 0 aliphatic heterocycles. The van der Waals surface area contributed by atoms with E-state index < -0.39 is 6.67 Å². The summed E-state index contributed by atoms with van der Waals surface area (Å²) in [6.45, 7) is 0.0359. The lowest BCUT2D eigenvalue weighted by molar-refractivity contribution is 0.212. The van der Waals surface area contributed by atoms with Gasteiger partial charge in [0, 0.05) is 12.5 Å². The Bertz CT molecular complexity index is 289. The maximum atomic E-state index is 12.7. The minimum absolute atomic E-state index is 0.197. The molecule has 1 atom stereocenters. The van der Waals surface area contributed by atoms with Crippen molar-refractivity contribution in [1.82, 2.24) is 4.90 Å². The van der Waals surface area contributed by atoms with E-state index in [1.54, 1.807) is 12.3 Å². The molecule has 3 heteroatoms. The third kappa shape index (κ3) is 2.90. The molecule has 0 radical (unpaired) electrons. The van der Waals surface area contributed by atoms with Gasteiger partial charge in [-0.1, -0.05) is 5.92 Å². The average Bonchev–Trinajstić information content (AvgIpc) is 2.66. The third-order valence-corrected chi connectivity index (χ3v) is 2.16. The number of rotatable bonds is 5. The summed E-state index contributed by atoms with van der Waals surface area (Å²) in [6, 6.07) is 3.44. The van der Waals surface area contributed by atoms with E-state index in [1.807, 2.05) is 18.0 Å². The zero-order valence-corrected chi connectivity index (χ0v) is 8.24. The van der Waals surface area contributed by atoms with Gasteiger partial charge in [0.2, 0.25) is 0 Å². The molecule has 0 aliphatic carbocycles. The number of nitrogens with zero attached hydrogens (tertiary/aromatic N) is 1. The first-order valence-electron chi connectivity index (χ1n) is 4.50. The molecule has 14 heavy (non-hydrogen) atoms. The van der Waals surface area contributed by atoms with Crippen LogP contribution in [0.25, 0.3) is 0 Å². The number of hydrogen-bond donors (Lipinski definition) is 0. The van der Waals surface area contributed by atoms with Gasteiger partial charge in [-0.15, -0.1) is 6.42 Å². The molecule has 0 unspecified atom stereocenters. The van der Waals surface area contributed by atoms with Crippen molar-refractivity contribution < 1.29 is 8.81 Å². The van der Waals surface area contributed by atoms with Crippen molar-refractivity contribution in [2.24, 2.45) is 0 Å². The van der Waals surface area contributed by atoms with E-state index in [0.29, 0.717) is 13.0 Å². The minimum Gasteiger partial charge on any atom is -0.469 e. The fraction of sp³-hybridized carbons (Fsp3) is 0.455. The standard InChI is InChI=1S/C11H14FNO/c1-3-6-13(2)10(9-12)8-11-5-4-7-14-11/h1,4-5,7,10H,6,8-9H2,2H3/t10-/m0/s1/i12-1. The Kier molecular flexibility index (Phi) is 4.21. The van der Waals surface area contributed by atoms with E-state index in [2.05, 4.69) is 5.92 Å². The van der Waals surface area contributed by atoms with Crippen LogP contribution in [0.2, 0.25) is 0 Å². The van der Waals surface area contributed by atoms with Gasteiger partial charge in [-0.3, -0.25) is 4.90 Å². The first-order valence-corrected chi connectivity index (χ1v) is 4.50. The van der Waals surface area contributed by atoms with Gasteiger partial charge in [-0.05, 0) is 19.2 Å². The number of likely N-dealkylation sites (N-methyl/N-ethyl adjacent to an activating group) is 1. The quantitative estimate of drug-likeness (QED) is 0.664. The second kappa shape index (κ2) is 5.46. The predicted molar refractivity (Wildman–Crippen MR) is 53.6 cm³/mol. The van der Waals surface area contributed by atoms with Crippen molar-refractivity contribution in [1.29, 1.82) is 0 Å². The van der Waals surface area contributed by atoms with Gasteiger partial charge in [-0.2, -0.15) is 0 Å². The van der Waals surface area contributed by atoms with Crippen molar-refractivity contribution in [2.75, 3.05) is 20.3 Å². The normalized spacial score (nSPS) is 12.7. The molecule has 0 saturated carbocycles. The van der Waals surface area contributed by atoms with Gasteiger partial charge in [0.15, 0.2) is 0 Å². The van der Waals surface area contributed by atoms with Crippen LogP contribution < -0.4 is 0 Å². The van der Waals surface area contributed by atoms with Gasteiger partial charge in [0.25, 0.3) is 0 Å². The first kappa shape index (κ1) is 10.8. The Hall–Kier alpha value is -1.27. The lowest BCUT2D eigenvalue weighted by Crippen LogP contribution is -2.35. The van der Waals surface area contributed by atoms with Crippen LogP contribution in [0.4, 0.5) is 4.39 Å². The third-order valence-electron chi connectivity index (χ3n) is 2.16. The molecule has 1 rings (SSSR count). The highest BCUT2D eigenvalue weighted by Gasteiger charge is 2.15. The largest absolute Gasteiger partial charge is 0.469 e. The maximum Gasteiger partial charge on any atom is 0.105 e. The highest BCUT2D eigenvalue weighted by molar-refractivity contribution is 5.01. The predicted octanol–water partition coefficient (Wildman–Crippen LogP) is 1.73. The summed E-state index contributed by atoms with van der Waals surface area (Å²) in [5.74, 6) is 3.28. The second-order valence-corrected chi connectivity index (χ2v) is 3.21. The molecule has 1 aromatic heterocycles. The summed E-state index contributed by atoms with van der Waals surface area (Å²) in [4.78, 5) is 1.81. The van der Waals surface area contributed by atoms with Crippen LogP contribution in [0.1, 0.15) is 5.76 Å². The summed E-state index contributed by atoms with van der Waals surface area (Å²) in [6.07, 6.45) is 7.30. The number of halogens is 1. The Morgan fingerprint density at radius 1 is 1.71 bits per heavy atom. The Balaban J connectivity index is 2.51. The van der Waals surface area contributed by atoms with E-state index >= 15 is 0 Å². The molecule has 1 heterocycles. The van der Waals surface area contributed by atoms with Crippen LogP contribution >= 0.6 is 0 Å². The zero-order chi connectivity index (χ0) is 10.4. The first-order chi connectivity index (χ1) is 6.77. The second-order valence-electron chi connectivity index (χ2n) is 3.21. The Labute approximate surface area is 83.7 Å². The summed E-state index contributed by atoms with van der Waals surface area (Å²) in [5, 5.41) is 0. The van der Waals surface area contributed by atoms with Crippen molar-refractivity contribution in [3.05, 3.63) is 24.2 Å². The molecule has 0 fully saturated rings. The van der Waals surface area contributed by atoms with E-state index in [0.717, 1.165) is 5.76 Å². The van der Waals surface area contributed by atoms with Gasteiger partial charge in [0.1, 0.15) is 12.4 Å². The number of alkyl halides is 1. The summed E-state index contributed by atoms with van der Waals surface area (Å²) in [5.41, 5.74) is 0. The fourth-order valence-electron chi connectivity index (χ4n) is 1.26. The van der Waals surface area contributed by atoms with Crippen LogP contribution in [-0.4, -0.2) is 31.2 Å². The number of hydrogen-bond acceptors (Lipinski definition) is 2. The maximum absolute atomic E-state index is 12.7. The topological polar surface area (TPSA) is 16.4 Å². The molecule has 0 aromatic carbocycles. The molecule has 76 valence electrons. The molecular formula is C11H14FNO. The highest BCUT2D eigenvalue weighted by atomic mass is 18.2. The number of furan rings is 1. The highest BCUT2D eigenvalue weighted by Crippen LogP contribution is 2.08. The van der Waals surface area contributed by atoms with Gasteiger partial charge in [-0.25, -0.2) is 4.39 Å².